The standard InChI is InChI=1S/C23H26N2O5/c1-15(2)16-7-9-17(10-8-16)25-21(26)13-19(22(25)27)24(14-18-5-3-11-29-18)23(28)20-6-4-12-30-20/h4,6-10,12,15,18-19H,3,5,11,13-14H2,1-2H3. The van der Waals surface area contributed by atoms with E-state index in [0.29, 0.717) is 18.2 Å². The van der Waals surface area contributed by atoms with E-state index in [1.807, 2.05) is 12.1 Å². The fraction of sp³-hybridized carbons (Fsp3) is 0.435. The van der Waals surface area contributed by atoms with Crippen molar-refractivity contribution in [3.63, 3.8) is 0 Å². The molecule has 3 amide bonds. The summed E-state index contributed by atoms with van der Waals surface area (Å²) in [5, 5.41) is 0. The number of rotatable bonds is 6. The summed E-state index contributed by atoms with van der Waals surface area (Å²) in [7, 11) is 0. The van der Waals surface area contributed by atoms with E-state index in [1.54, 1.807) is 24.3 Å². The van der Waals surface area contributed by atoms with Crippen LogP contribution in [-0.4, -0.2) is 47.9 Å². The molecule has 0 N–H and O–H groups in total. The van der Waals surface area contributed by atoms with Gasteiger partial charge in [-0.05, 0) is 48.6 Å². The number of ether oxygens (including phenoxy) is 1. The molecule has 7 heteroatoms. The molecule has 2 atom stereocenters. The number of hydrogen-bond donors (Lipinski definition) is 0. The fourth-order valence-electron chi connectivity index (χ4n) is 4.04. The number of carbonyl (C=O) groups excluding carboxylic acids is 3. The summed E-state index contributed by atoms with van der Waals surface area (Å²) >= 11 is 0. The average Bonchev–Trinajstić information content (AvgIpc) is 3.48. The number of anilines is 1. The summed E-state index contributed by atoms with van der Waals surface area (Å²) in [5.74, 6) is -0.613. The molecule has 1 aromatic heterocycles. The molecule has 30 heavy (non-hydrogen) atoms. The number of imide groups is 1. The van der Waals surface area contributed by atoms with E-state index in [4.69, 9.17) is 9.15 Å². The number of amides is 3. The van der Waals surface area contributed by atoms with Crippen LogP contribution >= 0.6 is 0 Å². The highest BCUT2D eigenvalue weighted by Gasteiger charge is 2.45. The Bertz CT molecular complexity index is 914. The topological polar surface area (TPSA) is 80.1 Å². The van der Waals surface area contributed by atoms with Crippen molar-refractivity contribution in [3.8, 4) is 0 Å². The summed E-state index contributed by atoms with van der Waals surface area (Å²) in [6.45, 7) is 5.06. The van der Waals surface area contributed by atoms with Gasteiger partial charge in [0.05, 0.1) is 24.5 Å². The van der Waals surface area contributed by atoms with Gasteiger partial charge in [-0.1, -0.05) is 26.0 Å². The van der Waals surface area contributed by atoms with Gasteiger partial charge in [-0.25, -0.2) is 4.90 Å². The number of benzene rings is 1. The van der Waals surface area contributed by atoms with Gasteiger partial charge in [0.2, 0.25) is 5.91 Å². The summed E-state index contributed by atoms with van der Waals surface area (Å²) in [6, 6.07) is 9.73. The normalized spacial score (nSPS) is 21.6. The van der Waals surface area contributed by atoms with Crippen LogP contribution in [-0.2, 0) is 14.3 Å². The van der Waals surface area contributed by atoms with E-state index in [9.17, 15) is 14.4 Å². The summed E-state index contributed by atoms with van der Waals surface area (Å²) < 4.78 is 11.0. The molecule has 0 bridgehead atoms. The highest BCUT2D eigenvalue weighted by atomic mass is 16.5. The predicted octanol–water partition coefficient (Wildman–Crippen LogP) is 3.36. The quantitative estimate of drug-likeness (QED) is 0.683. The van der Waals surface area contributed by atoms with Crippen LogP contribution in [0, 0.1) is 0 Å². The van der Waals surface area contributed by atoms with E-state index in [1.165, 1.54) is 16.1 Å². The van der Waals surface area contributed by atoms with Gasteiger partial charge in [0.1, 0.15) is 6.04 Å². The molecule has 1 aromatic carbocycles. The molecule has 2 aromatic rings. The molecule has 0 spiro atoms. The van der Waals surface area contributed by atoms with Crippen LogP contribution < -0.4 is 4.90 Å². The maximum atomic E-state index is 13.3. The Balaban J connectivity index is 1.60. The van der Waals surface area contributed by atoms with E-state index in [0.717, 1.165) is 18.4 Å². The third-order valence-corrected chi connectivity index (χ3v) is 5.73. The Morgan fingerprint density at radius 1 is 1.20 bits per heavy atom. The number of nitrogens with zero attached hydrogens (tertiary/aromatic N) is 2. The van der Waals surface area contributed by atoms with Gasteiger partial charge in [0, 0.05) is 13.2 Å². The van der Waals surface area contributed by atoms with E-state index in [2.05, 4.69) is 13.8 Å². The monoisotopic (exact) mass is 410 g/mol. The van der Waals surface area contributed by atoms with Crippen LogP contribution in [0.1, 0.15) is 55.1 Å². The smallest absolute Gasteiger partial charge is 0.290 e. The second kappa shape index (κ2) is 8.44. The maximum absolute atomic E-state index is 13.3. The van der Waals surface area contributed by atoms with Crippen LogP contribution in [0.15, 0.2) is 47.1 Å². The van der Waals surface area contributed by atoms with Gasteiger partial charge in [0.15, 0.2) is 5.76 Å². The van der Waals surface area contributed by atoms with Gasteiger partial charge >= 0.3 is 0 Å². The summed E-state index contributed by atoms with van der Waals surface area (Å²) in [5.41, 5.74) is 1.65. The van der Waals surface area contributed by atoms with Gasteiger partial charge in [-0.15, -0.1) is 0 Å². The van der Waals surface area contributed by atoms with Crippen LogP contribution in [0.5, 0.6) is 0 Å². The van der Waals surface area contributed by atoms with Crippen LogP contribution in [0.25, 0.3) is 0 Å². The molecule has 4 rings (SSSR count). The predicted molar refractivity (Wildman–Crippen MR) is 110 cm³/mol. The van der Waals surface area contributed by atoms with Crippen molar-refractivity contribution >= 4 is 23.4 Å². The van der Waals surface area contributed by atoms with E-state index >= 15 is 0 Å². The van der Waals surface area contributed by atoms with Crippen molar-refractivity contribution in [3.05, 3.63) is 54.0 Å². The number of hydrogen-bond acceptors (Lipinski definition) is 5. The van der Waals surface area contributed by atoms with Crippen molar-refractivity contribution in [2.45, 2.75) is 51.2 Å². The molecule has 0 saturated carbocycles. The first-order chi connectivity index (χ1) is 14.5. The lowest BCUT2D eigenvalue weighted by Gasteiger charge is -2.29. The third kappa shape index (κ3) is 3.89. The maximum Gasteiger partial charge on any atom is 0.290 e. The Morgan fingerprint density at radius 2 is 1.97 bits per heavy atom. The molecular formula is C23H26N2O5. The fourth-order valence-corrected chi connectivity index (χ4v) is 4.04. The van der Waals surface area contributed by atoms with Gasteiger partial charge in [-0.3, -0.25) is 14.4 Å². The molecular weight excluding hydrogens is 384 g/mol. The minimum Gasteiger partial charge on any atom is -0.459 e. The van der Waals surface area contributed by atoms with Gasteiger partial charge in [-0.2, -0.15) is 0 Å². The Hall–Kier alpha value is -2.93. The lowest BCUT2D eigenvalue weighted by atomic mass is 10.0. The summed E-state index contributed by atoms with van der Waals surface area (Å²) in [4.78, 5) is 41.8. The zero-order valence-electron chi connectivity index (χ0n) is 17.2. The van der Waals surface area contributed by atoms with Crippen molar-refractivity contribution in [2.24, 2.45) is 0 Å². The van der Waals surface area contributed by atoms with Crippen LogP contribution in [0.4, 0.5) is 5.69 Å². The molecule has 7 nitrogen and oxygen atoms in total. The SMILES string of the molecule is CC(C)c1ccc(N2C(=O)CC(N(CC3CCCO3)C(=O)c3ccco3)C2=O)cc1. The molecule has 2 aliphatic heterocycles. The summed E-state index contributed by atoms with van der Waals surface area (Å²) in [6.07, 6.45) is 2.95. The lowest BCUT2D eigenvalue weighted by molar-refractivity contribution is -0.122. The molecule has 0 aliphatic carbocycles. The molecule has 2 unspecified atom stereocenters. The van der Waals surface area contributed by atoms with Crippen molar-refractivity contribution in [1.82, 2.24) is 4.90 Å². The van der Waals surface area contributed by atoms with Crippen LogP contribution in [0.3, 0.4) is 0 Å². The minimum absolute atomic E-state index is 0.0517. The molecule has 2 saturated heterocycles. The third-order valence-electron chi connectivity index (χ3n) is 5.73. The second-order valence-electron chi connectivity index (χ2n) is 8.10. The Kier molecular flexibility index (Phi) is 5.72. The van der Waals surface area contributed by atoms with Crippen molar-refractivity contribution in [2.75, 3.05) is 18.1 Å². The zero-order chi connectivity index (χ0) is 21.3. The van der Waals surface area contributed by atoms with Crippen LogP contribution in [0.2, 0.25) is 0 Å². The zero-order valence-corrected chi connectivity index (χ0v) is 17.2. The molecule has 3 heterocycles. The molecule has 0 radical (unpaired) electrons. The molecule has 2 fully saturated rings. The lowest BCUT2D eigenvalue weighted by Crippen LogP contribution is -2.48. The number of furan rings is 1. The highest BCUT2D eigenvalue weighted by molar-refractivity contribution is 6.23. The Morgan fingerprint density at radius 3 is 2.57 bits per heavy atom. The first-order valence-corrected chi connectivity index (χ1v) is 10.4. The number of carbonyl (C=O) groups is 3. The highest BCUT2D eigenvalue weighted by Crippen LogP contribution is 2.29. The van der Waals surface area contributed by atoms with E-state index < -0.39 is 17.9 Å². The first kappa shape index (κ1) is 20.3. The van der Waals surface area contributed by atoms with Gasteiger partial charge < -0.3 is 14.1 Å². The van der Waals surface area contributed by atoms with Crippen molar-refractivity contribution in [1.29, 1.82) is 0 Å². The second-order valence-corrected chi connectivity index (χ2v) is 8.10. The van der Waals surface area contributed by atoms with E-state index in [-0.39, 0.29) is 30.7 Å². The van der Waals surface area contributed by atoms with Crippen molar-refractivity contribution < 1.29 is 23.5 Å². The van der Waals surface area contributed by atoms with Gasteiger partial charge in [0.25, 0.3) is 11.8 Å². The average molecular weight is 410 g/mol. The largest absolute Gasteiger partial charge is 0.459 e. The first-order valence-electron chi connectivity index (χ1n) is 10.4. The molecule has 158 valence electrons. The Labute approximate surface area is 175 Å². The molecule has 2 aliphatic rings. The minimum atomic E-state index is -0.871.